The molecule has 2 N–H and O–H groups in total. The number of aromatic carboxylic acids is 1. The first-order valence-corrected chi connectivity index (χ1v) is 10.6. The van der Waals surface area contributed by atoms with Gasteiger partial charge in [0.25, 0.3) is 0 Å². The third-order valence-corrected chi connectivity index (χ3v) is 5.63. The van der Waals surface area contributed by atoms with Crippen molar-refractivity contribution in [2.24, 2.45) is 0 Å². The third-order valence-electron chi connectivity index (χ3n) is 5.34. The average Bonchev–Trinajstić information content (AvgIpc) is 3.04. The topological polar surface area (TPSA) is 92.4 Å². The van der Waals surface area contributed by atoms with Gasteiger partial charge < -0.3 is 14.8 Å². The summed E-state index contributed by atoms with van der Waals surface area (Å²) >= 11 is 6.13. The van der Waals surface area contributed by atoms with Crippen molar-refractivity contribution in [2.75, 3.05) is 0 Å². The number of aromatic nitrogens is 2. The molecule has 0 radical (unpaired) electrons. The minimum atomic E-state index is -0.968. The highest BCUT2D eigenvalue weighted by Gasteiger charge is 2.15. The number of nitrogens with zero attached hydrogens (tertiary/aromatic N) is 2. The van der Waals surface area contributed by atoms with Crippen LogP contribution >= 0.6 is 11.6 Å². The molecule has 0 fully saturated rings. The van der Waals surface area contributed by atoms with Gasteiger partial charge in [0.05, 0.1) is 21.6 Å². The molecule has 0 bridgehead atoms. The first-order chi connectivity index (χ1) is 15.4. The molecule has 0 saturated carbocycles. The molecule has 0 atom stereocenters. The molecule has 4 aromatic rings. The Morgan fingerprint density at radius 2 is 1.81 bits per heavy atom. The van der Waals surface area contributed by atoms with E-state index in [4.69, 9.17) is 11.6 Å². The molecule has 0 aliphatic rings. The van der Waals surface area contributed by atoms with Crippen LogP contribution in [0.4, 0.5) is 0 Å². The van der Waals surface area contributed by atoms with Crippen LogP contribution in [0, 0.1) is 0 Å². The zero-order valence-corrected chi connectivity index (χ0v) is 18.1. The minimum absolute atomic E-state index is 0.0187. The number of carboxylic acids is 1. The molecule has 6 nitrogen and oxygen atoms in total. The van der Waals surface area contributed by atoms with E-state index in [1.54, 1.807) is 24.3 Å². The van der Waals surface area contributed by atoms with Crippen molar-refractivity contribution in [2.45, 2.75) is 26.3 Å². The number of imidazole rings is 1. The summed E-state index contributed by atoms with van der Waals surface area (Å²) in [5, 5.41) is 19.4. The number of hydrogen-bond donors (Lipinski definition) is 2. The number of aromatic hydroxyl groups is 1. The average molecular weight is 449 g/mol. The maximum atomic E-state index is 12.1. The summed E-state index contributed by atoms with van der Waals surface area (Å²) in [6, 6.07) is 17.4. The summed E-state index contributed by atoms with van der Waals surface area (Å²) in [7, 11) is 0. The second-order valence-electron chi connectivity index (χ2n) is 7.53. The molecular formula is C25H21ClN2O4. The van der Waals surface area contributed by atoms with E-state index < -0.39 is 17.1 Å². The van der Waals surface area contributed by atoms with E-state index in [1.807, 2.05) is 34.9 Å². The highest BCUT2D eigenvalue weighted by atomic mass is 35.5. The number of halogens is 1. The molecule has 7 heteroatoms. The quantitative estimate of drug-likeness (QED) is 0.427. The molecular weight excluding hydrogens is 428 g/mol. The Morgan fingerprint density at radius 3 is 2.50 bits per heavy atom. The Balaban J connectivity index is 1.76. The lowest BCUT2D eigenvalue weighted by atomic mass is 9.99. The number of benzene rings is 2. The van der Waals surface area contributed by atoms with E-state index in [0.29, 0.717) is 23.1 Å². The second kappa shape index (κ2) is 8.85. The standard InChI is InChI=1S/C25H21ClN2O4/c1-2-5-23-27-20-13-22(29)24(30)19(26)12-21(20)28(23)14-15-8-10-16(11-9-15)17-6-3-4-7-18(17)25(31)32/h3-4,6-13H,2,5,14H2,1H3,(H,29,30)(H,31,32). The number of rotatable bonds is 6. The van der Waals surface area contributed by atoms with E-state index in [2.05, 4.69) is 11.9 Å². The van der Waals surface area contributed by atoms with E-state index >= 15 is 0 Å². The van der Waals surface area contributed by atoms with Crippen LogP contribution < -0.4 is 5.43 Å². The van der Waals surface area contributed by atoms with Crippen LogP contribution in [-0.2, 0) is 13.0 Å². The monoisotopic (exact) mass is 448 g/mol. The molecule has 3 aromatic carbocycles. The Morgan fingerprint density at radius 1 is 1.09 bits per heavy atom. The predicted molar refractivity (Wildman–Crippen MR) is 125 cm³/mol. The van der Waals surface area contributed by atoms with E-state index in [-0.39, 0.29) is 10.6 Å². The zero-order valence-electron chi connectivity index (χ0n) is 17.4. The molecule has 1 aromatic heterocycles. The van der Waals surface area contributed by atoms with Gasteiger partial charge in [0.1, 0.15) is 5.82 Å². The Kier molecular flexibility index (Phi) is 5.97. The van der Waals surface area contributed by atoms with Gasteiger partial charge in [0.2, 0.25) is 5.43 Å². The summed E-state index contributed by atoms with van der Waals surface area (Å²) < 4.78 is 1.99. The van der Waals surface area contributed by atoms with E-state index in [0.717, 1.165) is 29.8 Å². The number of fused-ring (bicyclic) bond motifs is 1. The smallest absolute Gasteiger partial charge is 0.336 e. The van der Waals surface area contributed by atoms with Gasteiger partial charge in [-0.1, -0.05) is 61.0 Å². The van der Waals surface area contributed by atoms with Gasteiger partial charge >= 0.3 is 5.97 Å². The molecule has 0 aliphatic carbocycles. The summed E-state index contributed by atoms with van der Waals surface area (Å²) in [5.41, 5.74) is 3.27. The summed E-state index contributed by atoms with van der Waals surface area (Å²) in [5.74, 6) is -0.636. The number of carboxylic acid groups (broad SMARTS) is 1. The minimum Gasteiger partial charge on any atom is -0.503 e. The fraction of sp³-hybridized carbons (Fsp3) is 0.160. The molecule has 162 valence electrons. The first kappa shape index (κ1) is 21.6. The van der Waals surface area contributed by atoms with Gasteiger partial charge in [-0.05, 0) is 35.2 Å². The van der Waals surface area contributed by atoms with E-state index in [9.17, 15) is 19.8 Å². The normalized spacial score (nSPS) is 11.1. The predicted octanol–water partition coefficient (Wildman–Crippen LogP) is 5.12. The Labute approximate surface area is 189 Å². The van der Waals surface area contributed by atoms with Crippen molar-refractivity contribution >= 4 is 28.6 Å². The molecule has 32 heavy (non-hydrogen) atoms. The lowest BCUT2D eigenvalue weighted by molar-refractivity contribution is 0.0697. The maximum Gasteiger partial charge on any atom is 0.336 e. The highest BCUT2D eigenvalue weighted by Crippen LogP contribution is 2.27. The van der Waals surface area contributed by atoms with Crippen LogP contribution in [0.3, 0.4) is 0 Å². The van der Waals surface area contributed by atoms with Crippen molar-refractivity contribution < 1.29 is 15.0 Å². The van der Waals surface area contributed by atoms with Crippen LogP contribution in [0.15, 0.2) is 65.5 Å². The van der Waals surface area contributed by atoms with Crippen LogP contribution in [-0.4, -0.2) is 25.7 Å². The molecule has 0 unspecified atom stereocenters. The fourth-order valence-electron chi connectivity index (χ4n) is 3.78. The lowest BCUT2D eigenvalue weighted by Gasteiger charge is -2.11. The Bertz CT molecular complexity index is 1380. The molecule has 4 rings (SSSR count). The number of aryl methyl sites for hydroxylation is 1. The van der Waals surface area contributed by atoms with Gasteiger partial charge in [0.15, 0.2) is 5.75 Å². The van der Waals surface area contributed by atoms with Crippen molar-refractivity contribution in [1.29, 1.82) is 0 Å². The zero-order chi connectivity index (χ0) is 22.8. The molecule has 1 heterocycles. The molecule has 0 spiro atoms. The van der Waals surface area contributed by atoms with Gasteiger partial charge in [-0.2, -0.15) is 0 Å². The largest absolute Gasteiger partial charge is 0.503 e. The third kappa shape index (κ3) is 4.09. The van der Waals surface area contributed by atoms with Crippen molar-refractivity contribution in [1.82, 2.24) is 9.55 Å². The SMILES string of the molecule is CCCc1nc2cc(=O)c(O)c(Cl)cc2n1Cc1ccc(-c2ccccc2C(=O)O)cc1. The second-order valence-corrected chi connectivity index (χ2v) is 7.94. The summed E-state index contributed by atoms with van der Waals surface area (Å²) in [6.45, 7) is 2.54. The number of carbonyl (C=O) groups is 1. The van der Waals surface area contributed by atoms with Gasteiger partial charge in [0, 0.05) is 19.0 Å². The fourth-order valence-corrected chi connectivity index (χ4v) is 3.97. The summed E-state index contributed by atoms with van der Waals surface area (Å²) in [6.07, 6.45) is 1.60. The first-order valence-electron chi connectivity index (χ1n) is 10.2. The van der Waals surface area contributed by atoms with Crippen LogP contribution in [0.25, 0.3) is 22.2 Å². The molecule has 0 aliphatic heterocycles. The summed E-state index contributed by atoms with van der Waals surface area (Å²) in [4.78, 5) is 28.3. The van der Waals surface area contributed by atoms with Crippen LogP contribution in [0.1, 0.15) is 35.1 Å². The highest BCUT2D eigenvalue weighted by molar-refractivity contribution is 6.32. The van der Waals surface area contributed by atoms with Gasteiger partial charge in [-0.15, -0.1) is 0 Å². The van der Waals surface area contributed by atoms with Gasteiger partial charge in [-0.3, -0.25) is 4.79 Å². The molecule has 0 saturated heterocycles. The van der Waals surface area contributed by atoms with Crippen molar-refractivity contribution in [3.63, 3.8) is 0 Å². The number of hydrogen-bond acceptors (Lipinski definition) is 4. The van der Waals surface area contributed by atoms with E-state index in [1.165, 1.54) is 6.07 Å². The van der Waals surface area contributed by atoms with Crippen molar-refractivity contribution in [3.8, 4) is 16.9 Å². The maximum absolute atomic E-state index is 12.1. The van der Waals surface area contributed by atoms with Gasteiger partial charge in [-0.25, -0.2) is 9.78 Å². The van der Waals surface area contributed by atoms with Crippen molar-refractivity contribution in [3.05, 3.63) is 92.9 Å². The molecule has 0 amide bonds. The lowest BCUT2D eigenvalue weighted by Crippen LogP contribution is -2.05. The van der Waals surface area contributed by atoms with Crippen LogP contribution in [0.2, 0.25) is 5.02 Å². The Hall–Kier alpha value is -3.64. The van der Waals surface area contributed by atoms with Crippen LogP contribution in [0.5, 0.6) is 5.75 Å².